The van der Waals surface area contributed by atoms with Crippen LogP contribution >= 0.6 is 11.3 Å². The van der Waals surface area contributed by atoms with Gasteiger partial charge in [-0.25, -0.2) is 0 Å². The summed E-state index contributed by atoms with van der Waals surface area (Å²) < 4.78 is 0. The van der Waals surface area contributed by atoms with E-state index >= 15 is 0 Å². The van der Waals surface area contributed by atoms with E-state index in [2.05, 4.69) is 16.7 Å². The van der Waals surface area contributed by atoms with Crippen LogP contribution in [0.4, 0.5) is 5.00 Å². The highest BCUT2D eigenvalue weighted by molar-refractivity contribution is 7.16. The first-order valence-corrected chi connectivity index (χ1v) is 7.64. The maximum absolute atomic E-state index is 12.3. The Morgan fingerprint density at radius 1 is 1.38 bits per heavy atom. The molecule has 21 heavy (non-hydrogen) atoms. The zero-order chi connectivity index (χ0) is 14.8. The van der Waals surface area contributed by atoms with Crippen LogP contribution in [0.1, 0.15) is 31.9 Å². The Labute approximate surface area is 127 Å². The number of nitrogens with one attached hydrogen (secondary N) is 2. The average molecular weight is 297 g/mol. The molecule has 1 aromatic heterocycles. The molecule has 0 saturated heterocycles. The van der Waals surface area contributed by atoms with Gasteiger partial charge in [-0.15, -0.1) is 11.3 Å². The molecule has 1 aliphatic heterocycles. The second-order valence-corrected chi connectivity index (χ2v) is 6.17. The van der Waals surface area contributed by atoms with E-state index in [0.717, 1.165) is 35.5 Å². The molecule has 1 amide bonds. The average Bonchev–Trinajstić information content (AvgIpc) is 2.84. The highest BCUT2D eigenvalue weighted by Crippen LogP contribution is 2.35. The summed E-state index contributed by atoms with van der Waals surface area (Å²) in [6.07, 6.45) is 0.842. The molecule has 0 saturated carbocycles. The van der Waals surface area contributed by atoms with Crippen molar-refractivity contribution in [2.24, 2.45) is 0 Å². The van der Waals surface area contributed by atoms with Crippen molar-refractivity contribution in [2.45, 2.75) is 19.9 Å². The summed E-state index contributed by atoms with van der Waals surface area (Å²) in [5.41, 5.74) is 3.42. The van der Waals surface area contributed by atoms with Gasteiger partial charge in [0.05, 0.1) is 5.56 Å². The Morgan fingerprint density at radius 2 is 2.14 bits per heavy atom. The lowest BCUT2D eigenvalue weighted by atomic mass is 10.0. The molecule has 1 aromatic carbocycles. The third kappa shape index (κ3) is 2.68. The standard InChI is InChI=1S/C16H15N3OS/c1-10-2-4-11(5-3-10)15(20)19-16-13(8-17)12-6-7-18-9-14(12)21-16/h2-5,18H,6-7,9H2,1H3,(H,19,20). The molecule has 3 rings (SSSR count). The summed E-state index contributed by atoms with van der Waals surface area (Å²) in [5.74, 6) is -0.168. The molecule has 0 spiro atoms. The van der Waals surface area contributed by atoms with E-state index in [-0.39, 0.29) is 5.91 Å². The molecule has 2 aromatic rings. The number of thiophene rings is 1. The van der Waals surface area contributed by atoms with Crippen LogP contribution in [0.15, 0.2) is 24.3 Å². The van der Waals surface area contributed by atoms with E-state index in [1.165, 1.54) is 11.3 Å². The summed E-state index contributed by atoms with van der Waals surface area (Å²) in [5, 5.41) is 16.2. The first kappa shape index (κ1) is 13.8. The van der Waals surface area contributed by atoms with Crippen LogP contribution in [0.25, 0.3) is 0 Å². The smallest absolute Gasteiger partial charge is 0.256 e. The number of aryl methyl sites for hydroxylation is 1. The van der Waals surface area contributed by atoms with Crippen LogP contribution in [-0.2, 0) is 13.0 Å². The lowest BCUT2D eigenvalue weighted by molar-refractivity contribution is 0.102. The van der Waals surface area contributed by atoms with Gasteiger partial charge >= 0.3 is 0 Å². The largest absolute Gasteiger partial charge is 0.312 e. The molecule has 1 aliphatic rings. The molecule has 0 aliphatic carbocycles. The number of hydrogen-bond donors (Lipinski definition) is 2. The predicted molar refractivity (Wildman–Crippen MR) is 83.6 cm³/mol. The normalized spacial score (nSPS) is 13.3. The Hall–Kier alpha value is -2.16. The van der Waals surface area contributed by atoms with Crippen molar-refractivity contribution in [3.63, 3.8) is 0 Å². The fraction of sp³-hybridized carbons (Fsp3) is 0.250. The van der Waals surface area contributed by atoms with Crippen LogP contribution < -0.4 is 10.6 Å². The third-order valence-corrected chi connectivity index (χ3v) is 4.73. The van der Waals surface area contributed by atoms with Crippen LogP contribution in [0.2, 0.25) is 0 Å². The lowest BCUT2D eigenvalue weighted by Crippen LogP contribution is -2.22. The van der Waals surface area contributed by atoms with Crippen molar-refractivity contribution in [1.82, 2.24) is 5.32 Å². The number of carbonyl (C=O) groups is 1. The van der Waals surface area contributed by atoms with Crippen molar-refractivity contribution in [3.05, 3.63) is 51.4 Å². The predicted octanol–water partition coefficient (Wildman–Crippen LogP) is 2.83. The maximum Gasteiger partial charge on any atom is 0.256 e. The summed E-state index contributed by atoms with van der Waals surface area (Å²) in [4.78, 5) is 13.4. The van der Waals surface area contributed by atoms with E-state index in [1.807, 2.05) is 19.1 Å². The van der Waals surface area contributed by atoms with Gasteiger partial charge in [0.25, 0.3) is 5.91 Å². The minimum Gasteiger partial charge on any atom is -0.312 e. The van der Waals surface area contributed by atoms with Crippen LogP contribution in [0.5, 0.6) is 0 Å². The van der Waals surface area contributed by atoms with Crippen molar-refractivity contribution in [1.29, 1.82) is 5.26 Å². The van der Waals surface area contributed by atoms with Crippen molar-refractivity contribution in [2.75, 3.05) is 11.9 Å². The van der Waals surface area contributed by atoms with Crippen LogP contribution in [0, 0.1) is 18.3 Å². The molecular formula is C16H15N3OS. The summed E-state index contributed by atoms with van der Waals surface area (Å²) >= 11 is 1.50. The van der Waals surface area contributed by atoms with E-state index < -0.39 is 0 Å². The molecule has 0 unspecified atom stereocenters. The van der Waals surface area contributed by atoms with Gasteiger partial charge in [-0.3, -0.25) is 4.79 Å². The molecule has 2 heterocycles. The minimum absolute atomic E-state index is 0.168. The number of carbonyl (C=O) groups excluding carboxylic acids is 1. The zero-order valence-corrected chi connectivity index (χ0v) is 12.5. The molecule has 106 valence electrons. The Bertz CT molecular complexity index is 725. The number of hydrogen-bond acceptors (Lipinski definition) is 4. The van der Waals surface area contributed by atoms with Gasteiger partial charge in [0, 0.05) is 17.0 Å². The number of rotatable bonds is 2. The first-order chi connectivity index (χ1) is 10.2. The lowest BCUT2D eigenvalue weighted by Gasteiger charge is -2.11. The Kier molecular flexibility index (Phi) is 3.74. The third-order valence-electron chi connectivity index (χ3n) is 3.58. The topological polar surface area (TPSA) is 64.9 Å². The summed E-state index contributed by atoms with van der Waals surface area (Å²) in [7, 11) is 0. The minimum atomic E-state index is -0.168. The van der Waals surface area contributed by atoms with Gasteiger partial charge in [0.1, 0.15) is 11.1 Å². The number of nitriles is 1. The first-order valence-electron chi connectivity index (χ1n) is 6.82. The molecule has 0 atom stereocenters. The summed E-state index contributed by atoms with van der Waals surface area (Å²) in [6, 6.07) is 9.64. The SMILES string of the molecule is Cc1ccc(C(=O)Nc2sc3c(c2C#N)CCNC3)cc1. The highest BCUT2D eigenvalue weighted by Gasteiger charge is 2.21. The van der Waals surface area contributed by atoms with E-state index in [0.29, 0.717) is 16.1 Å². The quantitative estimate of drug-likeness (QED) is 0.896. The van der Waals surface area contributed by atoms with Gasteiger partial charge < -0.3 is 10.6 Å². The summed E-state index contributed by atoms with van der Waals surface area (Å²) in [6.45, 7) is 3.63. The fourth-order valence-electron chi connectivity index (χ4n) is 2.42. The number of amides is 1. The van der Waals surface area contributed by atoms with Gasteiger partial charge in [-0.2, -0.15) is 5.26 Å². The van der Waals surface area contributed by atoms with E-state index in [9.17, 15) is 10.1 Å². The monoisotopic (exact) mass is 297 g/mol. The molecule has 4 nitrogen and oxygen atoms in total. The van der Waals surface area contributed by atoms with Gasteiger partial charge in [-0.1, -0.05) is 17.7 Å². The van der Waals surface area contributed by atoms with Crippen LogP contribution in [-0.4, -0.2) is 12.5 Å². The van der Waals surface area contributed by atoms with E-state index in [1.54, 1.807) is 12.1 Å². The van der Waals surface area contributed by atoms with Crippen LogP contribution in [0.3, 0.4) is 0 Å². The zero-order valence-electron chi connectivity index (χ0n) is 11.7. The second-order valence-electron chi connectivity index (χ2n) is 5.07. The molecule has 5 heteroatoms. The molecule has 0 radical (unpaired) electrons. The maximum atomic E-state index is 12.3. The molecule has 0 bridgehead atoms. The number of benzene rings is 1. The van der Waals surface area contributed by atoms with Crippen molar-refractivity contribution in [3.8, 4) is 6.07 Å². The van der Waals surface area contributed by atoms with Crippen molar-refractivity contribution >= 4 is 22.2 Å². The fourth-order valence-corrected chi connectivity index (χ4v) is 3.58. The van der Waals surface area contributed by atoms with Gasteiger partial charge in [0.2, 0.25) is 0 Å². The van der Waals surface area contributed by atoms with Crippen molar-refractivity contribution < 1.29 is 4.79 Å². The Morgan fingerprint density at radius 3 is 2.86 bits per heavy atom. The molecule has 2 N–H and O–H groups in total. The van der Waals surface area contributed by atoms with E-state index in [4.69, 9.17) is 0 Å². The number of nitrogens with zero attached hydrogens (tertiary/aromatic N) is 1. The number of fused-ring (bicyclic) bond motifs is 1. The second kappa shape index (κ2) is 5.68. The molecular weight excluding hydrogens is 282 g/mol. The molecule has 0 fully saturated rings. The van der Waals surface area contributed by atoms with Gasteiger partial charge in [0.15, 0.2) is 0 Å². The Balaban J connectivity index is 1.88. The highest BCUT2D eigenvalue weighted by atomic mass is 32.1. The number of anilines is 1. The van der Waals surface area contributed by atoms with Gasteiger partial charge in [-0.05, 0) is 37.6 Å².